The lowest BCUT2D eigenvalue weighted by Crippen LogP contribution is -2.60. The fraction of sp³-hybridized carbons (Fsp3) is 0.605. The Balaban J connectivity index is 1.37. The maximum atomic E-state index is 14.4. The highest BCUT2D eigenvalue weighted by atomic mass is 16.5. The number of rotatable bonds is 13. The number of fused-ring (bicyclic) bond motifs is 1. The van der Waals surface area contributed by atoms with Gasteiger partial charge in [0.05, 0.1) is 12.7 Å². The van der Waals surface area contributed by atoms with Crippen LogP contribution in [0.1, 0.15) is 85.1 Å². The quantitative estimate of drug-likeness (QED) is 0.248. The molecule has 4 amide bonds. The summed E-state index contributed by atoms with van der Waals surface area (Å²) < 4.78 is 6.37. The Kier molecular flexibility index (Phi) is 11.3. The van der Waals surface area contributed by atoms with Crippen molar-refractivity contribution in [2.75, 3.05) is 6.54 Å². The van der Waals surface area contributed by atoms with E-state index in [0.717, 1.165) is 48.4 Å². The average Bonchev–Trinajstić information content (AvgIpc) is 3.66. The van der Waals surface area contributed by atoms with Crippen molar-refractivity contribution < 1.29 is 33.8 Å². The molecular formula is C38H52N4O7. The van der Waals surface area contributed by atoms with E-state index in [0.29, 0.717) is 6.42 Å². The molecule has 49 heavy (non-hydrogen) atoms. The number of amides is 4. The van der Waals surface area contributed by atoms with Crippen molar-refractivity contribution in [2.45, 2.75) is 116 Å². The highest BCUT2D eigenvalue weighted by Gasteiger charge is 2.63. The third kappa shape index (κ3) is 8.09. The number of carbonyl (C=O) groups excluding carboxylic acids is 4. The van der Waals surface area contributed by atoms with Crippen molar-refractivity contribution in [3.63, 3.8) is 0 Å². The number of carboxylic acid groups (broad SMARTS) is 1. The van der Waals surface area contributed by atoms with Crippen molar-refractivity contribution >= 4 is 40.4 Å². The number of nitrogens with one attached hydrogen (secondary N) is 3. The standard InChI is InChI=1S/C38H52N4O7/c1-22(2)30-19-38(30,37(47)48)41-34(44)31-18-28(49-21-27-16-11-15-25-12-9-10-17-29(25)27)20-42(31)36(46)32(23(3)4)40-35(45)33(39-24(5)43)26-13-7-6-8-14-26/h9-12,15-17,22-23,26,28,30-33H,6-8,13-14,18-21H2,1-5H3,(H,39,43)(H,40,45)(H,41,44)(H,47,48)/t28-,30+,31+,32+,33+,38+/m1/s1. The van der Waals surface area contributed by atoms with Gasteiger partial charge in [0.25, 0.3) is 0 Å². The van der Waals surface area contributed by atoms with Gasteiger partial charge in [-0.1, -0.05) is 89.4 Å². The molecule has 1 saturated heterocycles. The predicted molar refractivity (Wildman–Crippen MR) is 185 cm³/mol. The number of hydrogen-bond acceptors (Lipinski definition) is 6. The minimum absolute atomic E-state index is 0.0302. The molecule has 3 aliphatic rings. The molecule has 5 rings (SSSR count). The monoisotopic (exact) mass is 676 g/mol. The molecule has 11 nitrogen and oxygen atoms in total. The second kappa shape index (κ2) is 15.3. The third-order valence-corrected chi connectivity index (χ3v) is 10.7. The fourth-order valence-electron chi connectivity index (χ4n) is 7.89. The van der Waals surface area contributed by atoms with E-state index in [1.165, 1.54) is 11.8 Å². The SMILES string of the molecule is CC(=O)N[C@H](C(=O)N[C@H](C(=O)N1C[C@H](OCc2cccc3ccccc23)C[C@H]1C(=O)N[C@@]1(C(=O)O)C[C@H]1C(C)C)C(C)C)C1CCCCC1. The highest BCUT2D eigenvalue weighted by molar-refractivity contribution is 5.97. The van der Waals surface area contributed by atoms with Crippen LogP contribution in [0.2, 0.25) is 0 Å². The van der Waals surface area contributed by atoms with Crippen LogP contribution in [-0.4, -0.2) is 75.9 Å². The molecule has 2 aromatic rings. The number of aliphatic carboxylic acids is 1. The number of likely N-dealkylation sites (tertiary alicyclic amines) is 1. The van der Waals surface area contributed by atoms with Crippen LogP contribution in [0.25, 0.3) is 10.8 Å². The zero-order chi connectivity index (χ0) is 35.5. The first-order valence-corrected chi connectivity index (χ1v) is 17.8. The van der Waals surface area contributed by atoms with E-state index < -0.39 is 53.5 Å². The number of carboxylic acids is 1. The first kappa shape index (κ1) is 36.3. The van der Waals surface area contributed by atoms with Crippen LogP contribution in [-0.2, 0) is 35.3 Å². The number of ether oxygens (including phenoxy) is 1. The van der Waals surface area contributed by atoms with Gasteiger partial charge in [0.2, 0.25) is 23.6 Å². The van der Waals surface area contributed by atoms with Gasteiger partial charge in [0.15, 0.2) is 0 Å². The number of nitrogens with zero attached hydrogens (tertiary/aromatic N) is 1. The summed E-state index contributed by atoms with van der Waals surface area (Å²) in [4.78, 5) is 68.1. The molecule has 2 saturated carbocycles. The van der Waals surface area contributed by atoms with Gasteiger partial charge in [-0.2, -0.15) is 0 Å². The Morgan fingerprint density at radius 1 is 0.959 bits per heavy atom. The van der Waals surface area contributed by atoms with E-state index in [9.17, 15) is 29.1 Å². The van der Waals surface area contributed by atoms with E-state index in [1.807, 2.05) is 70.2 Å². The van der Waals surface area contributed by atoms with E-state index in [1.54, 1.807) is 0 Å². The lowest BCUT2D eigenvalue weighted by molar-refractivity contribution is -0.147. The Labute approximate surface area is 288 Å². The zero-order valence-electron chi connectivity index (χ0n) is 29.4. The van der Waals surface area contributed by atoms with Gasteiger partial charge in [-0.3, -0.25) is 19.2 Å². The van der Waals surface area contributed by atoms with Crippen molar-refractivity contribution in [2.24, 2.45) is 23.7 Å². The molecule has 4 N–H and O–H groups in total. The second-order valence-corrected chi connectivity index (χ2v) is 14.9. The zero-order valence-corrected chi connectivity index (χ0v) is 29.4. The predicted octanol–water partition coefficient (Wildman–Crippen LogP) is 4.17. The van der Waals surface area contributed by atoms with Gasteiger partial charge in [0, 0.05) is 19.9 Å². The summed E-state index contributed by atoms with van der Waals surface area (Å²) in [6, 6.07) is 11.2. The Bertz CT molecular complexity index is 1550. The summed E-state index contributed by atoms with van der Waals surface area (Å²) in [5.74, 6) is -3.32. The molecule has 6 atom stereocenters. The van der Waals surface area contributed by atoms with Crippen LogP contribution in [0, 0.1) is 23.7 Å². The minimum Gasteiger partial charge on any atom is -0.479 e. The Morgan fingerprint density at radius 2 is 1.65 bits per heavy atom. The van der Waals surface area contributed by atoms with Gasteiger partial charge in [0.1, 0.15) is 23.7 Å². The normalized spacial score (nSPS) is 25.2. The lowest BCUT2D eigenvalue weighted by atomic mass is 9.83. The molecule has 0 aromatic heterocycles. The molecule has 1 heterocycles. The van der Waals surface area contributed by atoms with Gasteiger partial charge < -0.3 is 30.7 Å². The van der Waals surface area contributed by atoms with E-state index in [2.05, 4.69) is 16.0 Å². The van der Waals surface area contributed by atoms with Crippen LogP contribution in [0.5, 0.6) is 0 Å². The van der Waals surface area contributed by atoms with E-state index >= 15 is 0 Å². The summed E-state index contributed by atoms with van der Waals surface area (Å²) in [5.41, 5.74) is -0.399. The van der Waals surface area contributed by atoms with Crippen molar-refractivity contribution in [3.8, 4) is 0 Å². The maximum Gasteiger partial charge on any atom is 0.329 e. The number of carbonyl (C=O) groups is 5. The molecule has 0 bridgehead atoms. The summed E-state index contributed by atoms with van der Waals surface area (Å²) in [6.45, 7) is 9.27. The molecule has 11 heteroatoms. The van der Waals surface area contributed by atoms with Crippen molar-refractivity contribution in [3.05, 3.63) is 48.0 Å². The van der Waals surface area contributed by atoms with Gasteiger partial charge in [-0.25, -0.2) is 4.79 Å². The average molecular weight is 677 g/mol. The van der Waals surface area contributed by atoms with Gasteiger partial charge >= 0.3 is 5.97 Å². The van der Waals surface area contributed by atoms with Crippen molar-refractivity contribution in [1.29, 1.82) is 0 Å². The van der Waals surface area contributed by atoms with Crippen LogP contribution >= 0.6 is 0 Å². The first-order valence-electron chi connectivity index (χ1n) is 17.8. The largest absolute Gasteiger partial charge is 0.479 e. The molecule has 0 unspecified atom stereocenters. The second-order valence-electron chi connectivity index (χ2n) is 14.9. The lowest BCUT2D eigenvalue weighted by Gasteiger charge is -2.34. The van der Waals surface area contributed by atoms with Crippen LogP contribution < -0.4 is 16.0 Å². The Morgan fingerprint density at radius 3 is 2.29 bits per heavy atom. The van der Waals surface area contributed by atoms with Crippen LogP contribution in [0.15, 0.2) is 42.5 Å². The molecule has 2 aliphatic carbocycles. The summed E-state index contributed by atoms with van der Waals surface area (Å²) in [6.07, 6.45) is 4.65. The van der Waals surface area contributed by atoms with Gasteiger partial charge in [-0.15, -0.1) is 0 Å². The topological polar surface area (TPSA) is 154 Å². The smallest absolute Gasteiger partial charge is 0.329 e. The molecule has 2 aromatic carbocycles. The summed E-state index contributed by atoms with van der Waals surface area (Å²) >= 11 is 0. The van der Waals surface area contributed by atoms with Crippen molar-refractivity contribution in [1.82, 2.24) is 20.9 Å². The number of hydrogen-bond donors (Lipinski definition) is 4. The summed E-state index contributed by atoms with van der Waals surface area (Å²) in [7, 11) is 0. The Hall–Kier alpha value is -3.99. The molecule has 1 aliphatic heterocycles. The molecule has 0 radical (unpaired) electrons. The maximum absolute atomic E-state index is 14.4. The third-order valence-electron chi connectivity index (χ3n) is 10.7. The van der Waals surface area contributed by atoms with E-state index in [4.69, 9.17) is 4.74 Å². The fourth-order valence-corrected chi connectivity index (χ4v) is 7.89. The highest BCUT2D eigenvalue weighted by Crippen LogP contribution is 2.49. The minimum atomic E-state index is -1.38. The molecule has 0 spiro atoms. The molecule has 266 valence electrons. The first-order chi connectivity index (χ1) is 23.3. The number of benzene rings is 2. The molecule has 3 fully saturated rings. The molecular weight excluding hydrogens is 624 g/mol. The summed E-state index contributed by atoms with van der Waals surface area (Å²) in [5, 5.41) is 20.8. The van der Waals surface area contributed by atoms with Crippen LogP contribution in [0.3, 0.4) is 0 Å². The van der Waals surface area contributed by atoms with Gasteiger partial charge in [-0.05, 0) is 59.3 Å². The van der Waals surface area contributed by atoms with Crippen LogP contribution in [0.4, 0.5) is 0 Å². The van der Waals surface area contributed by atoms with E-state index in [-0.39, 0.29) is 49.2 Å².